The number of hydrazine groups is 1. The third-order valence-electron chi connectivity index (χ3n) is 4.88. The molecule has 1 aliphatic heterocycles. The van der Waals surface area contributed by atoms with Crippen molar-refractivity contribution in [1.82, 2.24) is 9.55 Å². The highest BCUT2D eigenvalue weighted by Gasteiger charge is 2.27. The Morgan fingerprint density at radius 1 is 1.20 bits per heavy atom. The Morgan fingerprint density at radius 3 is 2.63 bits per heavy atom. The Morgan fingerprint density at radius 2 is 1.93 bits per heavy atom. The second-order valence-corrected chi connectivity index (χ2v) is 6.64. The van der Waals surface area contributed by atoms with Crippen LogP contribution in [0.3, 0.4) is 0 Å². The molecule has 1 aliphatic rings. The number of fused-ring (bicyclic) bond motifs is 3. The molecule has 2 aromatic carbocycles. The van der Waals surface area contributed by atoms with E-state index in [-0.39, 0.29) is 24.5 Å². The molecule has 0 saturated heterocycles. The van der Waals surface area contributed by atoms with Gasteiger partial charge in [0.15, 0.2) is 5.69 Å². The van der Waals surface area contributed by atoms with Gasteiger partial charge >= 0.3 is 0 Å². The normalized spacial score (nSPS) is 14.3. The lowest BCUT2D eigenvalue weighted by atomic mass is 10.1. The number of methoxy groups -OCH3 is 1. The van der Waals surface area contributed by atoms with Crippen LogP contribution in [0.15, 0.2) is 60.2 Å². The van der Waals surface area contributed by atoms with Gasteiger partial charge in [0.05, 0.1) is 35.6 Å². The summed E-state index contributed by atoms with van der Waals surface area (Å²) >= 11 is 0. The van der Waals surface area contributed by atoms with E-state index in [0.29, 0.717) is 34.3 Å². The average Bonchev–Trinajstić information content (AvgIpc) is 3.13. The van der Waals surface area contributed by atoms with Crippen LogP contribution in [0.4, 0.5) is 10.1 Å². The van der Waals surface area contributed by atoms with Crippen LogP contribution in [0.25, 0.3) is 5.69 Å². The monoisotopic (exact) mass is 406 g/mol. The lowest BCUT2D eigenvalue weighted by Crippen LogP contribution is -2.34. The van der Waals surface area contributed by atoms with Crippen molar-refractivity contribution < 1.29 is 13.9 Å². The van der Waals surface area contributed by atoms with E-state index >= 15 is 0 Å². The van der Waals surface area contributed by atoms with E-state index in [1.54, 1.807) is 25.6 Å². The fourth-order valence-electron chi connectivity index (χ4n) is 3.30. The molecule has 0 radical (unpaired) electrons. The van der Waals surface area contributed by atoms with E-state index in [0.717, 1.165) is 5.69 Å². The summed E-state index contributed by atoms with van der Waals surface area (Å²) in [5, 5.41) is 10.9. The van der Waals surface area contributed by atoms with Gasteiger partial charge in [0.2, 0.25) is 0 Å². The van der Waals surface area contributed by atoms with Crippen molar-refractivity contribution in [3.8, 4) is 23.3 Å². The molecule has 152 valence electrons. The van der Waals surface area contributed by atoms with Crippen molar-refractivity contribution in [3.63, 3.8) is 0 Å². The fraction of sp³-hybridized carbons (Fsp3) is 0.143. The molecule has 0 saturated carbocycles. The lowest BCUT2D eigenvalue weighted by Gasteiger charge is -2.24. The van der Waals surface area contributed by atoms with Crippen molar-refractivity contribution in [2.75, 3.05) is 18.7 Å². The SMILES string of the molecule is COc1ccc2c(c1)N(N)/C(=C(\N)COc1ccc(F)cc1)Cc1c(C#N)ncn1-2. The maximum Gasteiger partial charge on any atom is 0.162 e. The first-order chi connectivity index (χ1) is 14.5. The molecule has 9 heteroatoms. The molecule has 30 heavy (non-hydrogen) atoms. The van der Waals surface area contributed by atoms with Crippen LogP contribution in [0.1, 0.15) is 11.4 Å². The Bertz CT molecular complexity index is 1160. The number of allylic oxidation sites excluding steroid dienone is 1. The van der Waals surface area contributed by atoms with E-state index in [1.807, 2.05) is 10.6 Å². The van der Waals surface area contributed by atoms with Crippen molar-refractivity contribution >= 4 is 5.69 Å². The summed E-state index contributed by atoms with van der Waals surface area (Å²) in [7, 11) is 1.57. The van der Waals surface area contributed by atoms with Gasteiger partial charge in [0, 0.05) is 12.5 Å². The van der Waals surface area contributed by atoms with Crippen LogP contribution >= 0.6 is 0 Å². The number of benzene rings is 2. The van der Waals surface area contributed by atoms with Gasteiger partial charge in [0.25, 0.3) is 0 Å². The quantitative estimate of drug-likeness (QED) is 0.639. The molecular weight excluding hydrogens is 387 g/mol. The summed E-state index contributed by atoms with van der Waals surface area (Å²) in [6, 6.07) is 13.2. The molecule has 0 atom stereocenters. The minimum Gasteiger partial charge on any atom is -0.497 e. The number of nitrogens with zero attached hydrogens (tertiary/aromatic N) is 4. The summed E-state index contributed by atoms with van der Waals surface area (Å²) < 4.78 is 25.9. The summed E-state index contributed by atoms with van der Waals surface area (Å²) in [5.74, 6) is 7.19. The number of rotatable bonds is 4. The number of imidazole rings is 1. The predicted molar refractivity (Wildman–Crippen MR) is 108 cm³/mol. The van der Waals surface area contributed by atoms with Gasteiger partial charge in [-0.15, -0.1) is 0 Å². The third-order valence-corrected chi connectivity index (χ3v) is 4.88. The second-order valence-electron chi connectivity index (χ2n) is 6.64. The third kappa shape index (κ3) is 3.40. The smallest absolute Gasteiger partial charge is 0.162 e. The van der Waals surface area contributed by atoms with E-state index in [9.17, 15) is 9.65 Å². The first-order valence-corrected chi connectivity index (χ1v) is 9.07. The number of hydrogen-bond acceptors (Lipinski definition) is 7. The van der Waals surface area contributed by atoms with Gasteiger partial charge in [-0.05, 0) is 36.4 Å². The van der Waals surface area contributed by atoms with Crippen molar-refractivity contribution in [3.05, 3.63) is 77.4 Å². The topological polar surface area (TPSA) is 115 Å². The van der Waals surface area contributed by atoms with Crippen LogP contribution in [-0.4, -0.2) is 23.3 Å². The van der Waals surface area contributed by atoms with E-state index in [2.05, 4.69) is 11.1 Å². The van der Waals surface area contributed by atoms with Gasteiger partial charge in [0.1, 0.15) is 36.3 Å². The first kappa shape index (κ1) is 19.3. The largest absolute Gasteiger partial charge is 0.497 e. The highest BCUT2D eigenvalue weighted by molar-refractivity contribution is 5.70. The molecule has 4 rings (SSSR count). The molecule has 0 amide bonds. The number of aromatic nitrogens is 2. The van der Waals surface area contributed by atoms with Crippen molar-refractivity contribution in [1.29, 1.82) is 5.26 Å². The molecule has 0 fully saturated rings. The van der Waals surface area contributed by atoms with Crippen LogP contribution in [0.5, 0.6) is 11.5 Å². The van der Waals surface area contributed by atoms with Gasteiger partial charge in [-0.2, -0.15) is 5.26 Å². The molecule has 1 aromatic heterocycles. The minimum atomic E-state index is -0.353. The summed E-state index contributed by atoms with van der Waals surface area (Å²) in [4.78, 5) is 4.20. The second kappa shape index (κ2) is 7.77. The molecule has 0 bridgehead atoms. The zero-order valence-corrected chi connectivity index (χ0v) is 16.2. The van der Waals surface area contributed by atoms with Crippen molar-refractivity contribution in [2.45, 2.75) is 6.42 Å². The Labute approximate surface area is 172 Å². The van der Waals surface area contributed by atoms with E-state index in [1.165, 1.54) is 29.3 Å². The van der Waals surface area contributed by atoms with Crippen LogP contribution < -0.4 is 26.1 Å². The fourth-order valence-corrected chi connectivity index (χ4v) is 3.30. The molecule has 0 unspecified atom stereocenters. The molecule has 2 heterocycles. The van der Waals surface area contributed by atoms with Gasteiger partial charge < -0.3 is 15.2 Å². The van der Waals surface area contributed by atoms with Gasteiger partial charge in [-0.1, -0.05) is 0 Å². The summed E-state index contributed by atoms with van der Waals surface area (Å²) in [6.07, 6.45) is 1.86. The highest BCUT2D eigenvalue weighted by Crippen LogP contribution is 2.35. The number of ether oxygens (including phenoxy) is 2. The molecule has 4 N–H and O–H groups in total. The zero-order chi connectivity index (χ0) is 21.3. The standard InChI is InChI=1S/C21H19FN6O2/c1-29-15-6-7-18-21(8-15)28(25)19(9-20-17(10-23)26-12-27(18)20)16(24)11-30-14-4-2-13(22)3-5-14/h2-8,12H,9,11,24-25H2,1H3/b19-16-. The van der Waals surface area contributed by atoms with E-state index in [4.69, 9.17) is 21.1 Å². The number of anilines is 1. The average molecular weight is 406 g/mol. The van der Waals surface area contributed by atoms with E-state index < -0.39 is 0 Å². The van der Waals surface area contributed by atoms with Crippen molar-refractivity contribution in [2.24, 2.45) is 11.6 Å². The summed E-state index contributed by atoms with van der Waals surface area (Å²) in [6.45, 7) is 0.0317. The predicted octanol–water partition coefficient (Wildman–Crippen LogP) is 2.38. The Hall–Kier alpha value is -4.03. The maximum atomic E-state index is 13.1. The van der Waals surface area contributed by atoms with Crippen LogP contribution in [0.2, 0.25) is 0 Å². The molecule has 0 aliphatic carbocycles. The first-order valence-electron chi connectivity index (χ1n) is 9.07. The highest BCUT2D eigenvalue weighted by atomic mass is 19.1. The summed E-state index contributed by atoms with van der Waals surface area (Å²) in [5.41, 5.74) is 9.60. The van der Waals surface area contributed by atoms with Crippen LogP contribution in [0, 0.1) is 17.1 Å². The zero-order valence-electron chi connectivity index (χ0n) is 16.2. The Balaban J connectivity index is 1.77. The molecular formula is C21H19FN6O2. The van der Waals surface area contributed by atoms with Gasteiger partial charge in [-0.25, -0.2) is 15.2 Å². The maximum absolute atomic E-state index is 13.1. The Kier molecular flexibility index (Phi) is 5.00. The molecule has 3 aromatic rings. The number of halogens is 1. The minimum absolute atomic E-state index is 0.0317. The number of nitrogens with two attached hydrogens (primary N) is 2. The number of nitriles is 1. The molecule has 0 spiro atoms. The number of hydrogen-bond donors (Lipinski definition) is 2. The van der Waals surface area contributed by atoms with Gasteiger partial charge in [-0.3, -0.25) is 9.58 Å². The van der Waals surface area contributed by atoms with Crippen LogP contribution in [-0.2, 0) is 6.42 Å². The lowest BCUT2D eigenvalue weighted by molar-refractivity contribution is 0.347. The molecule has 8 nitrogen and oxygen atoms in total.